The van der Waals surface area contributed by atoms with Crippen molar-refractivity contribution in [1.82, 2.24) is 15.1 Å². The van der Waals surface area contributed by atoms with Crippen molar-refractivity contribution >= 4 is 11.9 Å². The number of hydrogen-bond donors (Lipinski definition) is 1. The minimum absolute atomic E-state index is 0.0631. The molecule has 124 valence electrons. The lowest BCUT2D eigenvalue weighted by atomic mass is 9.91. The second kappa shape index (κ2) is 6.47. The zero-order valence-corrected chi connectivity index (χ0v) is 13.9. The van der Waals surface area contributed by atoms with Gasteiger partial charge in [0, 0.05) is 37.1 Å². The zero-order chi connectivity index (χ0) is 15.7. The summed E-state index contributed by atoms with van der Waals surface area (Å²) >= 11 is 0. The Morgan fingerprint density at radius 2 is 1.50 bits per heavy atom. The average molecular weight is 307 g/mol. The molecule has 2 atom stereocenters. The molecule has 2 unspecified atom stereocenters. The minimum Gasteiger partial charge on any atom is -0.337 e. The molecule has 0 spiro atoms. The van der Waals surface area contributed by atoms with Crippen LogP contribution in [-0.2, 0) is 4.79 Å². The number of amides is 3. The van der Waals surface area contributed by atoms with E-state index in [4.69, 9.17) is 0 Å². The summed E-state index contributed by atoms with van der Waals surface area (Å²) in [6.07, 6.45) is 7.33. The molecule has 3 rings (SSSR count). The van der Waals surface area contributed by atoms with Crippen LogP contribution in [0.4, 0.5) is 4.79 Å². The molecular formula is C17H29N3O2. The fourth-order valence-electron chi connectivity index (χ4n) is 3.89. The number of hydrogen-bond acceptors (Lipinski definition) is 2. The molecule has 0 bridgehead atoms. The van der Waals surface area contributed by atoms with Crippen molar-refractivity contribution in [2.45, 2.75) is 76.9 Å². The van der Waals surface area contributed by atoms with E-state index in [1.54, 1.807) is 0 Å². The third-order valence-corrected chi connectivity index (χ3v) is 5.48. The Balaban J connectivity index is 1.51. The Morgan fingerprint density at radius 1 is 0.909 bits per heavy atom. The monoisotopic (exact) mass is 307 g/mol. The molecule has 5 heteroatoms. The number of urea groups is 1. The lowest BCUT2D eigenvalue weighted by Crippen LogP contribution is -2.52. The molecule has 3 amide bonds. The smallest absolute Gasteiger partial charge is 0.317 e. The topological polar surface area (TPSA) is 52.7 Å². The first-order valence-corrected chi connectivity index (χ1v) is 8.94. The summed E-state index contributed by atoms with van der Waals surface area (Å²) in [6.45, 7) is 5.77. The maximum atomic E-state index is 12.8. The minimum atomic E-state index is 0.0631. The molecule has 1 saturated carbocycles. The lowest BCUT2D eigenvalue weighted by molar-refractivity contribution is -0.143. The van der Waals surface area contributed by atoms with Crippen LogP contribution in [0.3, 0.4) is 0 Å². The molecule has 0 aromatic rings. The summed E-state index contributed by atoms with van der Waals surface area (Å²) in [5, 5.41) is 3.04. The number of carbonyl (C=O) groups is 2. The fraction of sp³-hybridized carbons (Fsp3) is 0.882. The molecule has 2 saturated heterocycles. The Morgan fingerprint density at radius 3 is 2.05 bits per heavy atom. The summed E-state index contributed by atoms with van der Waals surface area (Å²) in [4.78, 5) is 28.9. The molecule has 1 N–H and O–H groups in total. The molecule has 3 fully saturated rings. The van der Waals surface area contributed by atoms with E-state index < -0.39 is 0 Å². The van der Waals surface area contributed by atoms with Gasteiger partial charge in [0.15, 0.2) is 0 Å². The van der Waals surface area contributed by atoms with Crippen molar-refractivity contribution < 1.29 is 9.59 Å². The van der Waals surface area contributed by atoms with Crippen LogP contribution in [0.25, 0.3) is 0 Å². The highest BCUT2D eigenvalue weighted by Gasteiger charge is 2.36. The van der Waals surface area contributed by atoms with Crippen molar-refractivity contribution in [3.05, 3.63) is 0 Å². The van der Waals surface area contributed by atoms with Crippen LogP contribution >= 0.6 is 0 Å². The first-order chi connectivity index (χ1) is 10.6. The molecule has 5 nitrogen and oxygen atoms in total. The van der Waals surface area contributed by atoms with Crippen LogP contribution in [0.2, 0.25) is 0 Å². The Labute approximate surface area is 133 Å². The fourth-order valence-corrected chi connectivity index (χ4v) is 3.89. The number of piperidine rings is 2. The molecule has 2 aliphatic heterocycles. The van der Waals surface area contributed by atoms with E-state index in [9.17, 15) is 9.59 Å². The molecule has 0 aromatic carbocycles. The van der Waals surface area contributed by atoms with E-state index in [2.05, 4.69) is 24.1 Å². The van der Waals surface area contributed by atoms with Gasteiger partial charge in [-0.1, -0.05) is 0 Å². The number of likely N-dealkylation sites (tertiary alicyclic amines) is 2. The number of rotatable bonds is 2. The van der Waals surface area contributed by atoms with Crippen molar-refractivity contribution in [2.75, 3.05) is 13.1 Å². The number of carbonyl (C=O) groups excluding carboxylic acids is 2. The lowest BCUT2D eigenvalue weighted by Gasteiger charge is -2.42. The van der Waals surface area contributed by atoms with Gasteiger partial charge < -0.3 is 15.1 Å². The molecule has 0 radical (unpaired) electrons. The van der Waals surface area contributed by atoms with Gasteiger partial charge in [0.25, 0.3) is 0 Å². The van der Waals surface area contributed by atoms with Crippen LogP contribution in [0.15, 0.2) is 0 Å². The molecule has 1 aliphatic carbocycles. The van der Waals surface area contributed by atoms with Gasteiger partial charge in [0.2, 0.25) is 5.91 Å². The van der Waals surface area contributed by atoms with E-state index in [0.29, 0.717) is 37.1 Å². The van der Waals surface area contributed by atoms with Crippen LogP contribution < -0.4 is 5.32 Å². The maximum absolute atomic E-state index is 12.8. The molecular weight excluding hydrogens is 278 g/mol. The van der Waals surface area contributed by atoms with Gasteiger partial charge in [-0.3, -0.25) is 4.79 Å². The third-order valence-electron chi connectivity index (χ3n) is 5.48. The summed E-state index contributed by atoms with van der Waals surface area (Å²) < 4.78 is 0. The summed E-state index contributed by atoms with van der Waals surface area (Å²) in [5.74, 6) is 0.426. The van der Waals surface area contributed by atoms with Gasteiger partial charge >= 0.3 is 6.03 Å². The van der Waals surface area contributed by atoms with Crippen LogP contribution in [0.1, 0.15) is 58.8 Å². The standard InChI is InChI=1S/C17H29N3O2/c1-12-4-3-5-13(2)20(12)16(21)14-8-10-19(11-9-14)17(22)18-15-6-7-15/h12-15H,3-11H2,1-2H3,(H,18,22). The van der Waals surface area contributed by atoms with E-state index >= 15 is 0 Å². The predicted molar refractivity (Wildman–Crippen MR) is 85.5 cm³/mol. The quantitative estimate of drug-likeness (QED) is 0.851. The Kier molecular flexibility index (Phi) is 4.59. The summed E-state index contributed by atoms with van der Waals surface area (Å²) in [7, 11) is 0. The van der Waals surface area contributed by atoms with Gasteiger partial charge in [-0.25, -0.2) is 4.79 Å². The second-order valence-corrected chi connectivity index (χ2v) is 7.36. The zero-order valence-electron chi connectivity index (χ0n) is 13.9. The predicted octanol–water partition coefficient (Wildman–Crippen LogP) is 2.36. The van der Waals surface area contributed by atoms with Gasteiger partial charge in [-0.2, -0.15) is 0 Å². The average Bonchev–Trinajstić information content (AvgIpc) is 3.31. The summed E-state index contributed by atoms with van der Waals surface area (Å²) in [6, 6.07) is 1.20. The normalized spacial score (nSPS) is 30.3. The third kappa shape index (κ3) is 3.39. The van der Waals surface area contributed by atoms with Gasteiger partial charge in [-0.15, -0.1) is 0 Å². The molecule has 2 heterocycles. The van der Waals surface area contributed by atoms with Gasteiger partial charge in [-0.05, 0) is 58.8 Å². The second-order valence-electron chi connectivity index (χ2n) is 7.36. The largest absolute Gasteiger partial charge is 0.337 e. The SMILES string of the molecule is CC1CCCC(C)N1C(=O)C1CCN(C(=O)NC2CC2)CC1. The number of nitrogens with zero attached hydrogens (tertiary/aromatic N) is 2. The van der Waals surface area contributed by atoms with E-state index in [-0.39, 0.29) is 11.9 Å². The Hall–Kier alpha value is -1.26. The highest BCUT2D eigenvalue weighted by atomic mass is 16.2. The first kappa shape index (κ1) is 15.6. The molecule has 0 aromatic heterocycles. The van der Waals surface area contributed by atoms with Crippen molar-refractivity contribution in [2.24, 2.45) is 5.92 Å². The summed E-state index contributed by atoms with van der Waals surface area (Å²) in [5.41, 5.74) is 0. The Bertz CT molecular complexity index is 418. The van der Waals surface area contributed by atoms with E-state index in [1.165, 1.54) is 6.42 Å². The van der Waals surface area contributed by atoms with Crippen molar-refractivity contribution in [1.29, 1.82) is 0 Å². The van der Waals surface area contributed by atoms with Crippen molar-refractivity contribution in [3.8, 4) is 0 Å². The van der Waals surface area contributed by atoms with Gasteiger partial charge in [0.05, 0.1) is 0 Å². The van der Waals surface area contributed by atoms with Gasteiger partial charge in [0.1, 0.15) is 0 Å². The van der Waals surface area contributed by atoms with Crippen LogP contribution in [-0.4, -0.2) is 53.0 Å². The number of nitrogens with one attached hydrogen (secondary N) is 1. The van der Waals surface area contributed by atoms with E-state index in [0.717, 1.165) is 38.5 Å². The van der Waals surface area contributed by atoms with E-state index in [1.807, 2.05) is 4.90 Å². The maximum Gasteiger partial charge on any atom is 0.317 e. The van der Waals surface area contributed by atoms with Crippen LogP contribution in [0.5, 0.6) is 0 Å². The highest BCUT2D eigenvalue weighted by molar-refractivity contribution is 5.80. The first-order valence-electron chi connectivity index (χ1n) is 8.94. The van der Waals surface area contributed by atoms with Crippen LogP contribution in [0, 0.1) is 5.92 Å². The highest BCUT2D eigenvalue weighted by Crippen LogP contribution is 2.28. The van der Waals surface area contributed by atoms with Crippen molar-refractivity contribution in [3.63, 3.8) is 0 Å². The molecule has 3 aliphatic rings. The molecule has 22 heavy (non-hydrogen) atoms.